The molecule has 2 aromatic carbocycles. The van der Waals surface area contributed by atoms with Gasteiger partial charge in [-0.05, 0) is 23.3 Å². The molecule has 2 aromatic rings. The number of nitrogens with one attached hydrogen (secondary N) is 2. The third kappa shape index (κ3) is 2.05. The van der Waals surface area contributed by atoms with Gasteiger partial charge in [0.15, 0.2) is 11.5 Å². The lowest BCUT2D eigenvalue weighted by Crippen LogP contribution is -2.44. The summed E-state index contributed by atoms with van der Waals surface area (Å²) >= 11 is 3.41. The maximum absolute atomic E-state index is 12.8. The van der Waals surface area contributed by atoms with Crippen molar-refractivity contribution in [2.45, 2.75) is 5.54 Å². The third-order valence-electron chi connectivity index (χ3n) is 3.75. The van der Waals surface area contributed by atoms with Gasteiger partial charge in [0.05, 0.1) is 0 Å². The van der Waals surface area contributed by atoms with E-state index in [1.807, 2.05) is 54.6 Å². The Labute approximate surface area is 131 Å². The normalized spacial score (nSPS) is 21.5. The first-order valence-corrected chi connectivity index (χ1v) is 7.31. The number of carbonyl (C=O) groups is 1. The van der Waals surface area contributed by atoms with E-state index in [1.165, 1.54) is 4.90 Å². The smallest absolute Gasteiger partial charge is 0.264 e. The molecule has 4 nitrogen and oxygen atoms in total. The Morgan fingerprint density at radius 2 is 1.62 bits per heavy atom. The second kappa shape index (κ2) is 5.00. The summed E-state index contributed by atoms with van der Waals surface area (Å²) in [5.74, 6) is -0.0483. The van der Waals surface area contributed by atoms with Gasteiger partial charge in [0.25, 0.3) is 5.91 Å². The van der Waals surface area contributed by atoms with Gasteiger partial charge in [-0.3, -0.25) is 15.1 Å². The molecule has 0 saturated carbocycles. The van der Waals surface area contributed by atoms with E-state index in [0.717, 1.165) is 15.6 Å². The zero-order chi connectivity index (χ0) is 15.0. The number of amides is 1. The molecule has 1 heterocycles. The van der Waals surface area contributed by atoms with Crippen LogP contribution in [0.2, 0.25) is 0 Å². The van der Waals surface area contributed by atoms with E-state index in [0.29, 0.717) is 0 Å². The van der Waals surface area contributed by atoms with Crippen LogP contribution < -0.4 is 5.32 Å². The number of carbonyl (C=O) groups excluding carboxylic acids is 1. The van der Waals surface area contributed by atoms with Crippen LogP contribution in [0.4, 0.5) is 0 Å². The fourth-order valence-electron chi connectivity index (χ4n) is 2.61. The van der Waals surface area contributed by atoms with E-state index in [9.17, 15) is 4.79 Å². The van der Waals surface area contributed by atoms with E-state index in [4.69, 9.17) is 5.41 Å². The quantitative estimate of drug-likeness (QED) is 0.880. The second-order valence-electron chi connectivity index (χ2n) is 4.96. The van der Waals surface area contributed by atoms with Crippen LogP contribution in [0.5, 0.6) is 0 Å². The molecular weight excluding hydrogens is 330 g/mol. The average molecular weight is 344 g/mol. The molecule has 5 heteroatoms. The lowest BCUT2D eigenvalue weighted by molar-refractivity contribution is -0.129. The molecule has 0 aromatic heterocycles. The van der Waals surface area contributed by atoms with Gasteiger partial charge in [-0.2, -0.15) is 0 Å². The summed E-state index contributed by atoms with van der Waals surface area (Å²) in [6.07, 6.45) is 0. The minimum absolute atomic E-state index is 0.103. The third-order valence-corrected chi connectivity index (χ3v) is 4.28. The first-order chi connectivity index (χ1) is 10.1. The van der Waals surface area contributed by atoms with Crippen LogP contribution in [0.1, 0.15) is 11.1 Å². The van der Waals surface area contributed by atoms with Crippen molar-refractivity contribution >= 4 is 27.8 Å². The monoisotopic (exact) mass is 343 g/mol. The highest BCUT2D eigenvalue weighted by atomic mass is 79.9. The van der Waals surface area contributed by atoms with E-state index in [1.54, 1.807) is 7.05 Å². The maximum atomic E-state index is 12.8. The van der Waals surface area contributed by atoms with Crippen LogP contribution in [-0.4, -0.2) is 23.8 Å². The fourth-order valence-corrected chi connectivity index (χ4v) is 2.88. The van der Waals surface area contributed by atoms with Gasteiger partial charge in [0.1, 0.15) is 0 Å². The SMILES string of the molecule is CN1C(=N)NC(c2ccccc2)(c2ccc(Br)cc2)C1=O. The van der Waals surface area contributed by atoms with Crippen molar-refractivity contribution in [3.63, 3.8) is 0 Å². The molecule has 2 N–H and O–H groups in total. The number of nitrogens with zero attached hydrogens (tertiary/aromatic N) is 1. The maximum Gasteiger partial charge on any atom is 0.264 e. The van der Waals surface area contributed by atoms with Gasteiger partial charge in [-0.1, -0.05) is 58.4 Å². The number of halogens is 1. The van der Waals surface area contributed by atoms with Gasteiger partial charge >= 0.3 is 0 Å². The van der Waals surface area contributed by atoms with Gasteiger partial charge in [0.2, 0.25) is 0 Å². The molecule has 1 aliphatic rings. The molecular formula is C16H14BrN3O. The Hall–Kier alpha value is -2.14. The van der Waals surface area contributed by atoms with E-state index in [2.05, 4.69) is 21.2 Å². The van der Waals surface area contributed by atoms with E-state index < -0.39 is 5.54 Å². The van der Waals surface area contributed by atoms with Crippen molar-refractivity contribution in [2.75, 3.05) is 7.05 Å². The Morgan fingerprint density at radius 3 is 2.14 bits per heavy atom. The number of rotatable bonds is 2. The molecule has 1 atom stereocenters. The van der Waals surface area contributed by atoms with Crippen LogP contribution in [0, 0.1) is 5.41 Å². The van der Waals surface area contributed by atoms with Crippen molar-refractivity contribution in [3.8, 4) is 0 Å². The van der Waals surface area contributed by atoms with Gasteiger partial charge < -0.3 is 5.32 Å². The molecule has 1 saturated heterocycles. The van der Waals surface area contributed by atoms with Crippen LogP contribution in [-0.2, 0) is 10.3 Å². The number of benzene rings is 2. The summed E-state index contributed by atoms with van der Waals surface area (Å²) in [5, 5.41) is 11.0. The molecule has 0 spiro atoms. The first kappa shape index (κ1) is 13.8. The Bertz CT molecular complexity index is 699. The number of guanidine groups is 1. The van der Waals surface area contributed by atoms with Crippen LogP contribution >= 0.6 is 15.9 Å². The topological polar surface area (TPSA) is 56.2 Å². The molecule has 106 valence electrons. The Morgan fingerprint density at radius 1 is 1.05 bits per heavy atom. The average Bonchev–Trinajstić information content (AvgIpc) is 2.74. The lowest BCUT2D eigenvalue weighted by atomic mass is 9.83. The zero-order valence-corrected chi connectivity index (χ0v) is 13.0. The highest BCUT2D eigenvalue weighted by Gasteiger charge is 2.50. The van der Waals surface area contributed by atoms with Crippen LogP contribution in [0.3, 0.4) is 0 Å². The zero-order valence-electron chi connectivity index (χ0n) is 11.4. The van der Waals surface area contributed by atoms with Crippen molar-refractivity contribution in [1.29, 1.82) is 5.41 Å². The second-order valence-corrected chi connectivity index (χ2v) is 5.88. The van der Waals surface area contributed by atoms with Crippen molar-refractivity contribution in [2.24, 2.45) is 0 Å². The summed E-state index contributed by atoms with van der Waals surface area (Å²) in [5.41, 5.74) is 0.607. The highest BCUT2D eigenvalue weighted by Crippen LogP contribution is 2.35. The molecule has 1 fully saturated rings. The lowest BCUT2D eigenvalue weighted by Gasteiger charge is -2.28. The molecule has 0 aliphatic carbocycles. The summed E-state index contributed by atoms with van der Waals surface area (Å²) in [7, 11) is 1.61. The molecule has 1 unspecified atom stereocenters. The number of likely N-dealkylation sites (N-methyl/N-ethyl adjacent to an activating group) is 1. The van der Waals surface area contributed by atoms with Gasteiger partial charge in [0, 0.05) is 11.5 Å². The molecule has 21 heavy (non-hydrogen) atoms. The van der Waals surface area contributed by atoms with Crippen molar-refractivity contribution in [1.82, 2.24) is 10.2 Å². The minimum Gasteiger partial charge on any atom is -0.334 e. The number of hydrogen-bond donors (Lipinski definition) is 2. The summed E-state index contributed by atoms with van der Waals surface area (Å²) in [6, 6.07) is 17.1. The molecule has 0 radical (unpaired) electrons. The predicted octanol–water partition coefficient (Wildman–Crippen LogP) is 2.69. The Kier molecular flexibility index (Phi) is 3.29. The largest absolute Gasteiger partial charge is 0.334 e. The van der Waals surface area contributed by atoms with Crippen LogP contribution in [0.25, 0.3) is 0 Å². The van der Waals surface area contributed by atoms with Crippen LogP contribution in [0.15, 0.2) is 59.1 Å². The summed E-state index contributed by atoms with van der Waals surface area (Å²) in [6.45, 7) is 0. The summed E-state index contributed by atoms with van der Waals surface area (Å²) in [4.78, 5) is 14.2. The predicted molar refractivity (Wildman–Crippen MR) is 85.0 cm³/mol. The molecule has 1 aliphatic heterocycles. The van der Waals surface area contributed by atoms with Crippen molar-refractivity contribution in [3.05, 3.63) is 70.2 Å². The standard InChI is InChI=1S/C16H14BrN3O/c1-20-14(21)16(19-15(20)18,11-5-3-2-4-6-11)12-7-9-13(17)10-8-12/h2-10H,1H3,(H2,18,19). The van der Waals surface area contributed by atoms with Gasteiger partial charge in [-0.15, -0.1) is 0 Å². The number of hydrogen-bond acceptors (Lipinski definition) is 2. The highest BCUT2D eigenvalue weighted by molar-refractivity contribution is 9.10. The minimum atomic E-state index is -1.03. The van der Waals surface area contributed by atoms with E-state index >= 15 is 0 Å². The molecule has 0 bridgehead atoms. The van der Waals surface area contributed by atoms with Crippen molar-refractivity contribution < 1.29 is 4.79 Å². The first-order valence-electron chi connectivity index (χ1n) is 6.52. The van der Waals surface area contributed by atoms with Gasteiger partial charge in [-0.25, -0.2) is 0 Å². The molecule has 3 rings (SSSR count). The Balaban J connectivity index is 2.24. The van der Waals surface area contributed by atoms with E-state index in [-0.39, 0.29) is 11.9 Å². The summed E-state index contributed by atoms with van der Waals surface area (Å²) < 4.78 is 0.948. The fraction of sp³-hybridized carbons (Fsp3) is 0.125. The molecule has 1 amide bonds.